The van der Waals surface area contributed by atoms with Crippen LogP contribution in [0.2, 0.25) is 0 Å². The van der Waals surface area contributed by atoms with Crippen molar-refractivity contribution in [2.75, 3.05) is 45.9 Å². The quantitative estimate of drug-likeness (QED) is 0.598. The molecule has 1 fully saturated rings. The maximum absolute atomic E-state index is 13.2. The van der Waals surface area contributed by atoms with Gasteiger partial charge in [0.2, 0.25) is 10.0 Å². The minimum atomic E-state index is -3.55. The van der Waals surface area contributed by atoms with Crippen molar-refractivity contribution in [2.45, 2.75) is 24.8 Å². The number of carbonyl (C=O) groups is 1. The number of nitrogens with zero attached hydrogens (tertiary/aromatic N) is 3. The number of benzene rings is 1. The van der Waals surface area contributed by atoms with E-state index >= 15 is 0 Å². The van der Waals surface area contributed by atoms with Crippen molar-refractivity contribution in [1.29, 1.82) is 0 Å². The van der Waals surface area contributed by atoms with Crippen LogP contribution in [0.3, 0.4) is 0 Å². The van der Waals surface area contributed by atoms with Crippen LogP contribution < -0.4 is 4.72 Å². The SMILES string of the molecule is CCNS(=O)(=O)c1ccc(C(=O)N(CCCN2CCOCC2)Cc2ccncc2)cc1. The third kappa shape index (κ3) is 6.83. The Hall–Kier alpha value is -2.33. The van der Waals surface area contributed by atoms with E-state index in [0.29, 0.717) is 25.2 Å². The first kappa shape index (κ1) is 23.3. The van der Waals surface area contributed by atoms with Crippen LogP contribution in [0.25, 0.3) is 0 Å². The summed E-state index contributed by atoms with van der Waals surface area (Å²) in [6.45, 7) is 7.36. The lowest BCUT2D eigenvalue weighted by molar-refractivity contribution is 0.0355. The molecule has 0 aliphatic carbocycles. The van der Waals surface area contributed by atoms with Crippen LogP contribution in [0.5, 0.6) is 0 Å². The number of aromatic nitrogens is 1. The minimum Gasteiger partial charge on any atom is -0.379 e. The Morgan fingerprint density at radius 1 is 1.13 bits per heavy atom. The van der Waals surface area contributed by atoms with Crippen LogP contribution in [0.15, 0.2) is 53.7 Å². The molecule has 1 aromatic heterocycles. The molecule has 1 amide bonds. The summed E-state index contributed by atoms with van der Waals surface area (Å²) >= 11 is 0. The minimum absolute atomic E-state index is 0.119. The van der Waals surface area contributed by atoms with E-state index in [2.05, 4.69) is 14.6 Å². The predicted molar refractivity (Wildman–Crippen MR) is 118 cm³/mol. The molecule has 0 atom stereocenters. The molecule has 0 saturated carbocycles. The van der Waals surface area contributed by atoms with E-state index in [0.717, 1.165) is 44.8 Å². The Kier molecular flexibility index (Phi) is 8.53. The van der Waals surface area contributed by atoms with Crippen LogP contribution in [-0.2, 0) is 21.3 Å². The Balaban J connectivity index is 1.70. The molecule has 0 bridgehead atoms. The van der Waals surface area contributed by atoms with Gasteiger partial charge in [0.05, 0.1) is 18.1 Å². The van der Waals surface area contributed by atoms with Gasteiger partial charge in [-0.25, -0.2) is 13.1 Å². The molecule has 1 aliphatic heterocycles. The standard InChI is InChI=1S/C22H30N4O4S/c1-2-24-31(28,29)21-6-4-20(5-7-21)22(27)26(18-19-8-10-23-11-9-19)13-3-12-25-14-16-30-17-15-25/h4-11,24H,2-3,12-18H2,1H3. The van der Waals surface area contributed by atoms with Crippen molar-refractivity contribution < 1.29 is 17.9 Å². The van der Waals surface area contributed by atoms with Crippen molar-refractivity contribution >= 4 is 15.9 Å². The third-order valence-electron chi connectivity index (χ3n) is 5.16. The molecule has 3 rings (SSSR count). The fraction of sp³-hybridized carbons (Fsp3) is 0.455. The van der Waals surface area contributed by atoms with E-state index in [1.807, 2.05) is 17.0 Å². The number of hydrogen-bond donors (Lipinski definition) is 1. The van der Waals surface area contributed by atoms with E-state index in [-0.39, 0.29) is 10.8 Å². The molecule has 1 aliphatic rings. The Bertz CT molecular complexity index is 930. The van der Waals surface area contributed by atoms with Gasteiger partial charge in [-0.05, 0) is 48.4 Å². The summed E-state index contributed by atoms with van der Waals surface area (Å²) in [5.41, 5.74) is 1.47. The lowest BCUT2D eigenvalue weighted by atomic mass is 10.1. The summed E-state index contributed by atoms with van der Waals surface area (Å²) in [4.78, 5) is 21.6. The molecule has 2 heterocycles. The van der Waals surface area contributed by atoms with Gasteiger partial charge >= 0.3 is 0 Å². The number of ether oxygens (including phenoxy) is 1. The molecule has 31 heavy (non-hydrogen) atoms. The van der Waals surface area contributed by atoms with Gasteiger partial charge in [0.15, 0.2) is 0 Å². The van der Waals surface area contributed by atoms with E-state index in [4.69, 9.17) is 4.74 Å². The van der Waals surface area contributed by atoms with Crippen molar-refractivity contribution in [2.24, 2.45) is 0 Å². The van der Waals surface area contributed by atoms with Crippen LogP contribution in [0.1, 0.15) is 29.3 Å². The van der Waals surface area contributed by atoms with Gasteiger partial charge in [0, 0.05) is 57.2 Å². The van der Waals surface area contributed by atoms with Gasteiger partial charge in [0.25, 0.3) is 5.91 Å². The zero-order valence-corrected chi connectivity index (χ0v) is 18.7. The Labute approximate surface area is 184 Å². The average Bonchev–Trinajstić information content (AvgIpc) is 2.79. The highest BCUT2D eigenvalue weighted by Gasteiger charge is 2.19. The fourth-order valence-corrected chi connectivity index (χ4v) is 4.54. The van der Waals surface area contributed by atoms with Crippen LogP contribution in [-0.4, -0.2) is 75.0 Å². The van der Waals surface area contributed by atoms with Gasteiger partial charge < -0.3 is 9.64 Å². The van der Waals surface area contributed by atoms with Crippen LogP contribution in [0, 0.1) is 0 Å². The van der Waals surface area contributed by atoms with E-state index < -0.39 is 10.0 Å². The largest absolute Gasteiger partial charge is 0.379 e. The second kappa shape index (κ2) is 11.3. The molecule has 1 saturated heterocycles. The first-order chi connectivity index (χ1) is 15.0. The Morgan fingerprint density at radius 2 is 1.81 bits per heavy atom. The van der Waals surface area contributed by atoms with Gasteiger partial charge in [0.1, 0.15) is 0 Å². The van der Waals surface area contributed by atoms with Crippen LogP contribution in [0.4, 0.5) is 0 Å². The number of carbonyl (C=O) groups excluding carboxylic acids is 1. The van der Waals surface area contributed by atoms with Crippen molar-refractivity contribution in [3.63, 3.8) is 0 Å². The predicted octanol–water partition coefficient (Wildman–Crippen LogP) is 1.74. The normalized spacial score (nSPS) is 15.0. The summed E-state index contributed by atoms with van der Waals surface area (Å²) in [6, 6.07) is 9.90. The highest BCUT2D eigenvalue weighted by Crippen LogP contribution is 2.15. The van der Waals surface area contributed by atoms with Crippen molar-refractivity contribution in [3.8, 4) is 0 Å². The smallest absolute Gasteiger partial charge is 0.254 e. The van der Waals surface area contributed by atoms with E-state index in [1.54, 1.807) is 31.5 Å². The molecule has 9 heteroatoms. The maximum Gasteiger partial charge on any atom is 0.254 e. The fourth-order valence-electron chi connectivity index (χ4n) is 3.50. The molecular weight excluding hydrogens is 416 g/mol. The first-order valence-electron chi connectivity index (χ1n) is 10.6. The van der Waals surface area contributed by atoms with Crippen LogP contribution >= 0.6 is 0 Å². The highest BCUT2D eigenvalue weighted by molar-refractivity contribution is 7.89. The Morgan fingerprint density at radius 3 is 2.45 bits per heavy atom. The second-order valence-electron chi connectivity index (χ2n) is 7.42. The molecular formula is C22H30N4O4S. The van der Waals surface area contributed by atoms with Crippen molar-refractivity contribution in [3.05, 3.63) is 59.9 Å². The third-order valence-corrected chi connectivity index (χ3v) is 6.72. The summed E-state index contributed by atoms with van der Waals surface area (Å²) in [7, 11) is -3.55. The van der Waals surface area contributed by atoms with Gasteiger partial charge in [-0.3, -0.25) is 14.7 Å². The number of pyridine rings is 1. The van der Waals surface area contributed by atoms with Gasteiger partial charge in [-0.15, -0.1) is 0 Å². The van der Waals surface area contributed by atoms with Crippen molar-refractivity contribution in [1.82, 2.24) is 19.5 Å². The number of nitrogens with one attached hydrogen (secondary N) is 1. The number of morpholine rings is 1. The molecule has 2 aromatic rings. The molecule has 0 unspecified atom stereocenters. The van der Waals surface area contributed by atoms with Gasteiger partial charge in [-0.1, -0.05) is 6.92 Å². The van der Waals surface area contributed by atoms with E-state index in [9.17, 15) is 13.2 Å². The molecule has 0 radical (unpaired) electrons. The lowest BCUT2D eigenvalue weighted by Gasteiger charge is -2.28. The second-order valence-corrected chi connectivity index (χ2v) is 9.18. The van der Waals surface area contributed by atoms with E-state index in [1.165, 1.54) is 12.1 Å². The molecule has 1 N–H and O–H groups in total. The summed E-state index contributed by atoms with van der Waals surface area (Å²) < 4.78 is 32.2. The summed E-state index contributed by atoms with van der Waals surface area (Å²) in [6.07, 6.45) is 4.28. The zero-order chi connectivity index (χ0) is 22.1. The number of hydrogen-bond acceptors (Lipinski definition) is 6. The number of rotatable bonds is 10. The molecule has 0 spiro atoms. The monoisotopic (exact) mass is 446 g/mol. The summed E-state index contributed by atoms with van der Waals surface area (Å²) in [5.74, 6) is -0.119. The lowest BCUT2D eigenvalue weighted by Crippen LogP contribution is -2.39. The maximum atomic E-state index is 13.2. The molecule has 8 nitrogen and oxygen atoms in total. The zero-order valence-electron chi connectivity index (χ0n) is 17.9. The van der Waals surface area contributed by atoms with Gasteiger partial charge in [-0.2, -0.15) is 0 Å². The molecule has 168 valence electrons. The number of sulfonamides is 1. The average molecular weight is 447 g/mol. The topological polar surface area (TPSA) is 91.8 Å². The first-order valence-corrected chi connectivity index (χ1v) is 12.1. The highest BCUT2D eigenvalue weighted by atomic mass is 32.2. The molecule has 1 aromatic carbocycles. The summed E-state index contributed by atoms with van der Waals surface area (Å²) in [5, 5.41) is 0. The number of amides is 1.